The summed E-state index contributed by atoms with van der Waals surface area (Å²) in [5.74, 6) is -0.157. The van der Waals surface area contributed by atoms with Crippen LogP contribution in [0.3, 0.4) is 0 Å². The molecule has 356 valence electrons. The first-order chi connectivity index (χ1) is 29.0. The summed E-state index contributed by atoms with van der Waals surface area (Å²) in [4.78, 5) is 23.2. The van der Waals surface area contributed by atoms with E-state index in [0.717, 1.165) is 70.6 Å². The Bertz CT molecular complexity index is 1030. The van der Waals surface area contributed by atoms with Crippen molar-refractivity contribution in [1.29, 1.82) is 0 Å². The first-order valence-corrected chi connectivity index (χ1v) is 27.2. The molecule has 0 fully saturated rings. The predicted molar refractivity (Wildman–Crippen MR) is 258 cm³/mol. The van der Waals surface area contributed by atoms with Crippen molar-refractivity contribution in [3.8, 4) is 0 Å². The molecule has 0 saturated carbocycles. The van der Waals surface area contributed by atoms with Crippen LogP contribution in [0.25, 0.3) is 0 Å². The fraction of sp³-hybridized carbons (Fsp3) is 0.902. The number of carbonyl (C=O) groups excluding carboxylic acids is 1. The molecule has 1 amide bonds. The third-order valence-corrected chi connectivity index (χ3v) is 12.7. The number of likely N-dealkylation sites (N-methyl/N-ethyl adjacent to an activating group) is 1. The maximum atomic E-state index is 12.9. The molecule has 0 aliphatic carbocycles. The van der Waals surface area contributed by atoms with Crippen molar-refractivity contribution in [2.75, 3.05) is 40.9 Å². The summed E-state index contributed by atoms with van der Waals surface area (Å²) in [5, 5.41) is 14.0. The second-order valence-electron chi connectivity index (χ2n) is 18.9. The van der Waals surface area contributed by atoms with Crippen LogP contribution in [-0.4, -0.2) is 73.4 Å². The van der Waals surface area contributed by atoms with Crippen LogP contribution in [0.2, 0.25) is 0 Å². The summed E-state index contributed by atoms with van der Waals surface area (Å²) in [7, 11) is 1.61. The number of phosphoric ester groups is 1. The van der Waals surface area contributed by atoms with Crippen molar-refractivity contribution in [2.45, 2.75) is 257 Å². The topological polar surface area (TPSA) is 105 Å². The maximum Gasteiger partial charge on any atom is 0.472 e. The molecule has 0 aliphatic heterocycles. The van der Waals surface area contributed by atoms with Gasteiger partial charge in [-0.1, -0.05) is 224 Å². The summed E-state index contributed by atoms with van der Waals surface area (Å²) in [6, 6.07) is -0.766. The zero-order chi connectivity index (χ0) is 44.3. The lowest BCUT2D eigenvalue weighted by Crippen LogP contribution is -2.46. The maximum absolute atomic E-state index is 12.9. The molecule has 0 heterocycles. The first-order valence-electron chi connectivity index (χ1n) is 25.7. The number of phosphoric acid groups is 1. The van der Waals surface area contributed by atoms with Crippen molar-refractivity contribution < 1.29 is 32.9 Å². The van der Waals surface area contributed by atoms with E-state index in [1.165, 1.54) is 148 Å². The number of hydrogen-bond donors (Lipinski definition) is 3. The van der Waals surface area contributed by atoms with Crippen LogP contribution < -0.4 is 5.32 Å². The van der Waals surface area contributed by atoms with E-state index in [1.807, 2.05) is 21.1 Å². The van der Waals surface area contributed by atoms with E-state index < -0.39 is 20.0 Å². The Hall–Kier alpha value is -1.02. The van der Waals surface area contributed by atoms with Gasteiger partial charge in [-0.25, -0.2) is 4.57 Å². The van der Waals surface area contributed by atoms with Gasteiger partial charge in [0.1, 0.15) is 13.2 Å². The normalized spacial score (nSPS) is 14.3. The van der Waals surface area contributed by atoms with E-state index >= 15 is 0 Å². The standard InChI is InChI=1S/C51H101N2O6P/c1-6-8-10-12-14-16-18-20-21-22-23-24-25-26-27-28-29-30-31-33-34-36-38-40-42-44-50(54)49(48-59-60(56,57)58-47-46-53(3,4)5)52-51(55)45-43-41-39-37-35-32-19-17-15-13-11-9-7-2/h11,13,17,19,49-50,54H,6-10,12,14-16,18,20-48H2,1-5H3,(H-,52,55,56,57)/p+1/b13-11-,19-17-. The predicted octanol–water partition coefficient (Wildman–Crippen LogP) is 14.9. The molecule has 0 saturated heterocycles. The Kier molecular flexibility index (Phi) is 42.5. The van der Waals surface area contributed by atoms with E-state index in [0.29, 0.717) is 23.9 Å². The molecule has 0 radical (unpaired) electrons. The zero-order valence-electron chi connectivity index (χ0n) is 40.5. The van der Waals surface area contributed by atoms with Crippen LogP contribution in [-0.2, 0) is 18.4 Å². The lowest BCUT2D eigenvalue weighted by Gasteiger charge is -2.26. The fourth-order valence-electron chi connectivity index (χ4n) is 7.61. The molecule has 60 heavy (non-hydrogen) atoms. The van der Waals surface area contributed by atoms with E-state index in [2.05, 4.69) is 43.5 Å². The van der Waals surface area contributed by atoms with Gasteiger partial charge in [0.05, 0.1) is 39.9 Å². The molecule has 0 aliphatic rings. The van der Waals surface area contributed by atoms with Gasteiger partial charge in [-0.15, -0.1) is 0 Å². The van der Waals surface area contributed by atoms with Gasteiger partial charge in [-0.3, -0.25) is 13.8 Å². The number of allylic oxidation sites excluding steroid dienone is 4. The molecule has 0 bridgehead atoms. The van der Waals surface area contributed by atoms with Crippen LogP contribution in [0.15, 0.2) is 24.3 Å². The molecule has 3 N–H and O–H groups in total. The third kappa shape index (κ3) is 45.0. The number of unbranched alkanes of at least 4 members (excludes halogenated alkanes) is 30. The number of quaternary nitrogens is 1. The Morgan fingerprint density at radius 3 is 1.43 bits per heavy atom. The highest BCUT2D eigenvalue weighted by molar-refractivity contribution is 7.47. The summed E-state index contributed by atoms with van der Waals surface area (Å²) in [5.41, 5.74) is 0. The van der Waals surface area contributed by atoms with E-state index in [4.69, 9.17) is 9.05 Å². The van der Waals surface area contributed by atoms with E-state index in [1.54, 1.807) is 0 Å². The average molecular weight is 870 g/mol. The molecule has 3 atom stereocenters. The zero-order valence-corrected chi connectivity index (χ0v) is 41.4. The second-order valence-corrected chi connectivity index (χ2v) is 20.4. The summed E-state index contributed by atoms with van der Waals surface area (Å²) in [6.45, 7) is 4.83. The van der Waals surface area contributed by atoms with E-state index in [9.17, 15) is 19.4 Å². The van der Waals surface area contributed by atoms with Gasteiger partial charge in [-0.2, -0.15) is 0 Å². The molecule has 0 rings (SSSR count). The minimum atomic E-state index is -4.32. The number of carbonyl (C=O) groups is 1. The highest BCUT2D eigenvalue weighted by Crippen LogP contribution is 2.43. The minimum absolute atomic E-state index is 0.0725. The molecule has 0 aromatic heterocycles. The largest absolute Gasteiger partial charge is 0.472 e. The number of aliphatic hydroxyl groups excluding tert-OH is 1. The molecular formula is C51H102N2O6P+. The number of nitrogens with one attached hydrogen (secondary N) is 1. The SMILES string of the molecule is CCC/C=C\C/C=C\CCCCCCCC(=O)NC(COP(=O)(O)OCC[N+](C)(C)C)C(O)CCCCCCCCCCCCCCCCCCCCCCCCCCC. The van der Waals surface area contributed by atoms with Crippen LogP contribution in [0.4, 0.5) is 0 Å². The molecule has 0 aromatic rings. The van der Waals surface area contributed by atoms with Gasteiger partial charge in [0.15, 0.2) is 0 Å². The summed E-state index contributed by atoms with van der Waals surface area (Å²) >= 11 is 0. The van der Waals surface area contributed by atoms with Gasteiger partial charge in [-0.05, 0) is 38.5 Å². The van der Waals surface area contributed by atoms with Gasteiger partial charge in [0.25, 0.3) is 0 Å². The Balaban J connectivity index is 4.16. The molecular weight excluding hydrogens is 768 g/mol. The van der Waals surface area contributed by atoms with Crippen molar-refractivity contribution in [3.63, 3.8) is 0 Å². The average Bonchev–Trinajstić information content (AvgIpc) is 3.20. The monoisotopic (exact) mass is 870 g/mol. The van der Waals surface area contributed by atoms with E-state index in [-0.39, 0.29) is 19.1 Å². The van der Waals surface area contributed by atoms with Crippen molar-refractivity contribution in [3.05, 3.63) is 24.3 Å². The lowest BCUT2D eigenvalue weighted by atomic mass is 10.0. The van der Waals surface area contributed by atoms with Gasteiger partial charge in [0.2, 0.25) is 5.91 Å². The highest BCUT2D eigenvalue weighted by Gasteiger charge is 2.28. The quantitative estimate of drug-likeness (QED) is 0.0243. The number of hydrogen-bond acceptors (Lipinski definition) is 5. The summed E-state index contributed by atoms with van der Waals surface area (Å²) in [6.07, 6.45) is 52.3. The van der Waals surface area contributed by atoms with Crippen LogP contribution in [0, 0.1) is 0 Å². The molecule has 8 nitrogen and oxygen atoms in total. The van der Waals surface area contributed by atoms with Crippen LogP contribution in [0.5, 0.6) is 0 Å². The fourth-order valence-corrected chi connectivity index (χ4v) is 8.35. The molecule has 3 unspecified atom stereocenters. The second kappa shape index (κ2) is 43.2. The molecule has 0 aromatic carbocycles. The number of amides is 1. The summed E-state index contributed by atoms with van der Waals surface area (Å²) < 4.78 is 23.7. The van der Waals surface area contributed by atoms with Crippen molar-refractivity contribution >= 4 is 13.7 Å². The first kappa shape index (κ1) is 59.0. The van der Waals surface area contributed by atoms with Gasteiger partial charge < -0.3 is 19.8 Å². The smallest absolute Gasteiger partial charge is 0.391 e. The minimum Gasteiger partial charge on any atom is -0.391 e. The van der Waals surface area contributed by atoms with Gasteiger partial charge >= 0.3 is 7.82 Å². The van der Waals surface area contributed by atoms with Crippen molar-refractivity contribution in [2.24, 2.45) is 0 Å². The number of rotatable bonds is 47. The Labute approximate surface area is 373 Å². The molecule has 0 spiro atoms. The molecule has 9 heteroatoms. The lowest BCUT2D eigenvalue weighted by molar-refractivity contribution is -0.870. The van der Waals surface area contributed by atoms with Crippen molar-refractivity contribution in [1.82, 2.24) is 5.32 Å². The highest BCUT2D eigenvalue weighted by atomic mass is 31.2. The van der Waals surface area contributed by atoms with Gasteiger partial charge in [0, 0.05) is 6.42 Å². The Morgan fingerprint density at radius 2 is 0.983 bits per heavy atom. The number of nitrogens with zero attached hydrogens (tertiary/aromatic N) is 1. The van der Waals surface area contributed by atoms with Crippen LogP contribution >= 0.6 is 7.82 Å². The third-order valence-electron chi connectivity index (χ3n) is 11.7. The number of aliphatic hydroxyl groups is 1. The van der Waals surface area contributed by atoms with Crippen LogP contribution in [0.1, 0.15) is 245 Å². The Morgan fingerprint density at radius 1 is 0.567 bits per heavy atom.